The van der Waals surface area contributed by atoms with E-state index in [1.54, 1.807) is 18.2 Å². The molecule has 1 aromatic carbocycles. The van der Waals surface area contributed by atoms with Gasteiger partial charge in [0, 0.05) is 36.5 Å². The lowest BCUT2D eigenvalue weighted by Crippen LogP contribution is -2.52. The van der Waals surface area contributed by atoms with Gasteiger partial charge in [-0.1, -0.05) is 19.1 Å². The minimum atomic E-state index is -4.78. The molecule has 2 aromatic rings. The summed E-state index contributed by atoms with van der Waals surface area (Å²) in [5.41, 5.74) is 1.45. The van der Waals surface area contributed by atoms with Crippen LogP contribution in [0.5, 0.6) is 5.88 Å². The number of benzene rings is 1. The number of likely N-dealkylation sites (tertiary alicyclic amines) is 2. The fourth-order valence-electron chi connectivity index (χ4n) is 4.85. The van der Waals surface area contributed by atoms with Crippen molar-refractivity contribution in [2.45, 2.75) is 44.5 Å². The van der Waals surface area contributed by atoms with E-state index in [1.165, 1.54) is 6.07 Å². The fraction of sp³-hybridized carbons (Fsp3) is 0.565. The van der Waals surface area contributed by atoms with Crippen molar-refractivity contribution < 1.29 is 22.7 Å². The van der Waals surface area contributed by atoms with Crippen LogP contribution in [0.2, 0.25) is 0 Å². The number of carbonyl (C=O) groups is 1. The van der Waals surface area contributed by atoms with Crippen molar-refractivity contribution >= 4 is 16.9 Å². The van der Waals surface area contributed by atoms with Gasteiger partial charge in [-0.15, -0.1) is 13.2 Å². The molecule has 2 atom stereocenters. The van der Waals surface area contributed by atoms with Crippen LogP contribution in [0.25, 0.3) is 10.9 Å². The third-order valence-corrected chi connectivity index (χ3v) is 6.39. The molecule has 0 saturated carbocycles. The van der Waals surface area contributed by atoms with Crippen molar-refractivity contribution in [3.05, 3.63) is 35.9 Å². The van der Waals surface area contributed by atoms with Crippen molar-refractivity contribution in [2.24, 2.45) is 5.92 Å². The second kappa shape index (κ2) is 9.13. The van der Waals surface area contributed by atoms with E-state index in [0.29, 0.717) is 24.5 Å². The zero-order chi connectivity index (χ0) is 22.9. The van der Waals surface area contributed by atoms with Gasteiger partial charge in [0.15, 0.2) is 0 Å². The molecule has 2 aliphatic rings. The number of hydrogen-bond acceptors (Lipinski definition) is 4. The predicted octanol–water partition coefficient (Wildman–Crippen LogP) is 4.36. The van der Waals surface area contributed by atoms with Crippen LogP contribution in [-0.4, -0.2) is 66.4 Å². The second-order valence-electron chi connectivity index (χ2n) is 9.08. The van der Waals surface area contributed by atoms with Gasteiger partial charge in [0.05, 0.1) is 5.52 Å². The quantitative estimate of drug-likeness (QED) is 0.755. The summed E-state index contributed by atoms with van der Waals surface area (Å²) < 4.78 is 41.6. The average Bonchev–Trinajstić information content (AvgIpc) is 2.73. The van der Waals surface area contributed by atoms with Crippen molar-refractivity contribution in [3.63, 3.8) is 0 Å². The van der Waals surface area contributed by atoms with Gasteiger partial charge in [-0.25, -0.2) is 9.78 Å². The number of pyridine rings is 1. The van der Waals surface area contributed by atoms with Crippen molar-refractivity contribution in [1.29, 1.82) is 0 Å². The van der Waals surface area contributed by atoms with Crippen molar-refractivity contribution in [3.8, 4) is 5.88 Å². The highest BCUT2D eigenvalue weighted by Crippen LogP contribution is 2.35. The predicted molar refractivity (Wildman–Crippen MR) is 116 cm³/mol. The molecular weight excluding hydrogens is 421 g/mol. The highest BCUT2D eigenvalue weighted by molar-refractivity contribution is 5.83. The first-order valence-corrected chi connectivity index (χ1v) is 11.1. The van der Waals surface area contributed by atoms with Gasteiger partial charge in [-0.05, 0) is 63.0 Å². The summed E-state index contributed by atoms with van der Waals surface area (Å²) in [6.07, 6.45) is -1.98. The van der Waals surface area contributed by atoms with Crippen molar-refractivity contribution in [1.82, 2.24) is 20.1 Å². The van der Waals surface area contributed by atoms with Crippen LogP contribution in [-0.2, 0) is 0 Å². The van der Waals surface area contributed by atoms with Crippen LogP contribution in [0.4, 0.5) is 18.0 Å². The van der Waals surface area contributed by atoms with Gasteiger partial charge < -0.3 is 19.9 Å². The number of amides is 2. The molecular formula is C23H29F3N4O2. The molecule has 32 heavy (non-hydrogen) atoms. The number of carbonyl (C=O) groups excluding carboxylic acids is 1. The molecule has 0 radical (unpaired) electrons. The number of ether oxygens (including phenoxy) is 1. The first-order valence-electron chi connectivity index (χ1n) is 11.1. The average molecular weight is 451 g/mol. The first kappa shape index (κ1) is 22.6. The maximum atomic E-state index is 13.0. The summed E-state index contributed by atoms with van der Waals surface area (Å²) in [6.45, 7) is 5.35. The van der Waals surface area contributed by atoms with Gasteiger partial charge in [-0.2, -0.15) is 0 Å². The number of alkyl halides is 3. The molecule has 0 spiro atoms. The largest absolute Gasteiger partial charge is 0.574 e. The van der Waals surface area contributed by atoms with E-state index in [1.807, 2.05) is 11.0 Å². The lowest BCUT2D eigenvalue weighted by atomic mass is 9.84. The summed E-state index contributed by atoms with van der Waals surface area (Å²) in [5.74, 6) is -0.0757. The lowest BCUT2D eigenvalue weighted by Gasteiger charge is -2.38. The molecule has 1 aromatic heterocycles. The van der Waals surface area contributed by atoms with Crippen LogP contribution in [0.3, 0.4) is 0 Å². The molecule has 0 aliphatic carbocycles. The molecule has 3 heterocycles. The number of halogens is 3. The number of hydrogen-bond donors (Lipinski definition) is 1. The molecule has 6 nitrogen and oxygen atoms in total. The highest BCUT2D eigenvalue weighted by atomic mass is 19.4. The third kappa shape index (κ3) is 5.43. The lowest BCUT2D eigenvalue weighted by molar-refractivity contribution is -0.276. The minimum absolute atomic E-state index is 0.0321. The van der Waals surface area contributed by atoms with Gasteiger partial charge in [0.1, 0.15) is 0 Å². The summed E-state index contributed by atoms with van der Waals surface area (Å²) in [5, 5.41) is 3.98. The molecule has 2 fully saturated rings. The Kier molecular flexibility index (Phi) is 6.46. The Morgan fingerprint density at radius 2 is 1.91 bits per heavy atom. The van der Waals surface area contributed by atoms with Crippen LogP contribution in [0.15, 0.2) is 30.3 Å². The number of nitrogens with one attached hydrogen (secondary N) is 1. The Labute approximate surface area is 185 Å². The molecule has 0 unspecified atom stereocenters. The Bertz CT molecular complexity index is 960. The third-order valence-electron chi connectivity index (χ3n) is 6.39. The topological polar surface area (TPSA) is 57.7 Å². The molecule has 9 heteroatoms. The van der Waals surface area contributed by atoms with Gasteiger partial charge in [0.25, 0.3) is 0 Å². The number of nitrogens with zero attached hydrogens (tertiary/aromatic N) is 3. The molecule has 2 saturated heterocycles. The molecule has 1 N–H and O–H groups in total. The molecule has 2 aliphatic heterocycles. The highest BCUT2D eigenvalue weighted by Gasteiger charge is 2.33. The first-order chi connectivity index (χ1) is 15.2. The fourth-order valence-corrected chi connectivity index (χ4v) is 4.85. The number of urea groups is 1. The van der Waals surface area contributed by atoms with E-state index in [9.17, 15) is 18.0 Å². The Balaban J connectivity index is 1.50. The SMILES string of the molecule is C[C@@H]1C[C@@H](c2cccc3nc(OC(F)(F)F)ccc23)CN(C(=O)NC2CCN(C)CC2)C1. The zero-order valence-corrected chi connectivity index (χ0v) is 18.4. The normalized spacial score (nSPS) is 23.3. The zero-order valence-electron chi connectivity index (χ0n) is 18.4. The van der Waals surface area contributed by atoms with Gasteiger partial charge in [0.2, 0.25) is 5.88 Å². The Morgan fingerprint density at radius 3 is 2.62 bits per heavy atom. The molecule has 0 bridgehead atoms. The summed E-state index contributed by atoms with van der Waals surface area (Å²) in [7, 11) is 2.09. The molecule has 2 amide bonds. The van der Waals surface area contributed by atoms with Crippen molar-refractivity contribution in [2.75, 3.05) is 33.2 Å². The molecule has 174 valence electrons. The number of rotatable bonds is 3. The van der Waals surface area contributed by atoms with Gasteiger partial charge in [-0.3, -0.25) is 0 Å². The maximum Gasteiger partial charge on any atom is 0.574 e. The summed E-state index contributed by atoms with van der Waals surface area (Å²) in [6, 6.07) is 8.49. The van der Waals surface area contributed by atoms with Crippen LogP contribution >= 0.6 is 0 Å². The van der Waals surface area contributed by atoms with E-state index in [2.05, 4.69) is 33.9 Å². The summed E-state index contributed by atoms with van der Waals surface area (Å²) in [4.78, 5) is 21.2. The summed E-state index contributed by atoms with van der Waals surface area (Å²) >= 11 is 0. The number of fused-ring (bicyclic) bond motifs is 1. The van der Waals surface area contributed by atoms with E-state index in [-0.39, 0.29) is 18.0 Å². The second-order valence-corrected chi connectivity index (χ2v) is 9.08. The Hall–Kier alpha value is -2.55. The standard InChI is InChI=1S/C23H29F3N4O2/c1-15-12-16(14-30(13-15)22(31)27-17-8-10-29(2)11-9-17)18-4-3-5-20-19(18)6-7-21(28-20)32-23(24,25)26/h3-7,15-17H,8-14H2,1-2H3,(H,27,31)/t15-,16-/m1/s1. The van der Waals surface area contributed by atoms with Crippen LogP contribution in [0, 0.1) is 5.92 Å². The molecule has 4 rings (SSSR count). The van der Waals surface area contributed by atoms with Crippen LogP contribution < -0.4 is 10.1 Å². The number of piperidine rings is 2. The minimum Gasteiger partial charge on any atom is -0.388 e. The smallest absolute Gasteiger partial charge is 0.388 e. The van der Waals surface area contributed by atoms with E-state index in [4.69, 9.17) is 0 Å². The van der Waals surface area contributed by atoms with E-state index in [0.717, 1.165) is 43.3 Å². The monoisotopic (exact) mass is 450 g/mol. The van der Waals surface area contributed by atoms with Crippen LogP contribution in [0.1, 0.15) is 37.7 Å². The van der Waals surface area contributed by atoms with E-state index >= 15 is 0 Å². The van der Waals surface area contributed by atoms with E-state index < -0.39 is 12.2 Å². The number of aromatic nitrogens is 1. The maximum absolute atomic E-state index is 13.0. The Morgan fingerprint density at radius 1 is 1.16 bits per heavy atom. The van der Waals surface area contributed by atoms with Gasteiger partial charge >= 0.3 is 12.4 Å².